The number of para-hydroxylation sites is 2. The molecule has 0 amide bonds. The van der Waals surface area contributed by atoms with E-state index in [-0.39, 0.29) is 5.82 Å². The lowest BCUT2D eigenvalue weighted by molar-refractivity contribution is 0.342. The number of aromatic nitrogens is 3. The smallest absolute Gasteiger partial charge is 0.249 e. The first-order chi connectivity index (χ1) is 11.7. The number of nitrogens with zero attached hydrogens (tertiary/aromatic N) is 3. The maximum atomic E-state index is 13.2. The molecule has 6 nitrogen and oxygen atoms in total. The molecule has 3 aromatic rings. The molecule has 0 saturated carbocycles. The van der Waals surface area contributed by atoms with Crippen molar-refractivity contribution < 1.29 is 9.13 Å². The molecule has 7 heteroatoms. The number of benzene rings is 2. The molecule has 3 rings (SSSR count). The van der Waals surface area contributed by atoms with E-state index >= 15 is 0 Å². The highest BCUT2D eigenvalue weighted by Crippen LogP contribution is 2.26. The molecule has 0 radical (unpaired) electrons. The Morgan fingerprint density at radius 1 is 1.08 bits per heavy atom. The third-order valence-electron chi connectivity index (χ3n) is 3.09. The summed E-state index contributed by atoms with van der Waals surface area (Å²) in [6, 6.07) is 13.6. The van der Waals surface area contributed by atoms with E-state index in [1.165, 1.54) is 18.3 Å². The van der Waals surface area contributed by atoms with Crippen LogP contribution in [0.15, 0.2) is 54.7 Å². The predicted molar refractivity (Wildman–Crippen MR) is 90.4 cm³/mol. The van der Waals surface area contributed by atoms with Gasteiger partial charge in [0.05, 0.1) is 18.5 Å². The number of ether oxygens (including phenoxy) is 1. The zero-order valence-corrected chi connectivity index (χ0v) is 13.0. The van der Waals surface area contributed by atoms with E-state index < -0.39 is 0 Å². The van der Waals surface area contributed by atoms with Gasteiger partial charge in [0.15, 0.2) is 5.82 Å². The summed E-state index contributed by atoms with van der Waals surface area (Å²) in [7, 11) is 0. The van der Waals surface area contributed by atoms with E-state index in [9.17, 15) is 4.39 Å². The first kappa shape index (κ1) is 15.7. The highest BCUT2D eigenvalue weighted by molar-refractivity contribution is 5.63. The third kappa shape index (κ3) is 3.95. The summed E-state index contributed by atoms with van der Waals surface area (Å²) in [5.74, 6) is 1.13. The molecule has 0 unspecified atom stereocenters. The van der Waals surface area contributed by atoms with E-state index in [0.29, 0.717) is 29.8 Å². The minimum absolute atomic E-state index is 0.309. The Kier molecular flexibility index (Phi) is 4.81. The first-order valence-corrected chi connectivity index (χ1v) is 7.46. The van der Waals surface area contributed by atoms with E-state index in [1.807, 2.05) is 31.2 Å². The Labute approximate surface area is 138 Å². The van der Waals surface area contributed by atoms with Gasteiger partial charge >= 0.3 is 0 Å². The van der Waals surface area contributed by atoms with Crippen molar-refractivity contribution in [1.29, 1.82) is 0 Å². The van der Waals surface area contributed by atoms with Crippen LogP contribution in [0.1, 0.15) is 6.92 Å². The molecule has 0 aliphatic carbocycles. The maximum absolute atomic E-state index is 13.2. The van der Waals surface area contributed by atoms with Gasteiger partial charge in [0, 0.05) is 5.69 Å². The van der Waals surface area contributed by atoms with Crippen LogP contribution in [0, 0.1) is 5.82 Å². The van der Waals surface area contributed by atoms with Gasteiger partial charge in [-0.2, -0.15) is 10.1 Å². The summed E-state index contributed by atoms with van der Waals surface area (Å²) in [5, 5.41) is 13.9. The Bertz CT molecular complexity index is 827. The van der Waals surface area contributed by atoms with Gasteiger partial charge in [-0.05, 0) is 37.3 Å². The van der Waals surface area contributed by atoms with Crippen molar-refractivity contribution in [3.8, 4) is 5.75 Å². The molecule has 0 spiro atoms. The predicted octanol–water partition coefficient (Wildman–Crippen LogP) is 3.90. The van der Waals surface area contributed by atoms with Gasteiger partial charge < -0.3 is 15.4 Å². The number of hydrogen-bond donors (Lipinski definition) is 2. The second-order valence-electron chi connectivity index (χ2n) is 4.85. The molecule has 0 fully saturated rings. The summed E-state index contributed by atoms with van der Waals surface area (Å²) < 4.78 is 18.8. The topological polar surface area (TPSA) is 72.0 Å². The minimum atomic E-state index is -0.328. The highest BCUT2D eigenvalue weighted by atomic mass is 19.1. The average molecular weight is 325 g/mol. The van der Waals surface area contributed by atoms with Crippen molar-refractivity contribution in [3.05, 3.63) is 60.5 Å². The molecule has 0 saturated heterocycles. The monoisotopic (exact) mass is 325 g/mol. The average Bonchev–Trinajstić information content (AvgIpc) is 2.57. The normalized spacial score (nSPS) is 10.2. The fourth-order valence-corrected chi connectivity index (χ4v) is 2.10. The molecular formula is C17H16FN5O. The molecule has 0 bridgehead atoms. The van der Waals surface area contributed by atoms with E-state index in [2.05, 4.69) is 25.8 Å². The van der Waals surface area contributed by atoms with Crippen LogP contribution >= 0.6 is 0 Å². The second kappa shape index (κ2) is 7.36. The van der Waals surface area contributed by atoms with Crippen molar-refractivity contribution in [2.24, 2.45) is 0 Å². The summed E-state index contributed by atoms with van der Waals surface area (Å²) in [4.78, 5) is 4.32. The second-order valence-corrected chi connectivity index (χ2v) is 4.85. The molecule has 0 aliphatic heterocycles. The Morgan fingerprint density at radius 2 is 1.96 bits per heavy atom. The van der Waals surface area contributed by atoms with Crippen LogP contribution in [0.25, 0.3) is 0 Å². The fourth-order valence-electron chi connectivity index (χ4n) is 2.10. The lowest BCUT2D eigenvalue weighted by Gasteiger charge is -2.11. The molecule has 122 valence electrons. The Morgan fingerprint density at radius 3 is 2.79 bits per heavy atom. The van der Waals surface area contributed by atoms with Crippen molar-refractivity contribution in [2.75, 3.05) is 17.2 Å². The number of halogens is 1. The van der Waals surface area contributed by atoms with Crippen molar-refractivity contribution in [1.82, 2.24) is 15.2 Å². The van der Waals surface area contributed by atoms with Crippen molar-refractivity contribution >= 4 is 23.1 Å². The lowest BCUT2D eigenvalue weighted by Crippen LogP contribution is -2.04. The molecule has 24 heavy (non-hydrogen) atoms. The molecule has 2 aromatic carbocycles. The highest BCUT2D eigenvalue weighted by Gasteiger charge is 2.06. The summed E-state index contributed by atoms with van der Waals surface area (Å²) in [6.45, 7) is 2.47. The molecular weight excluding hydrogens is 309 g/mol. The SMILES string of the molecule is CCOc1ccccc1Nc1nncc(Nc2cccc(F)c2)n1. The van der Waals surface area contributed by atoms with Crippen LogP contribution in [0.2, 0.25) is 0 Å². The van der Waals surface area contributed by atoms with E-state index in [0.717, 1.165) is 5.69 Å². The van der Waals surface area contributed by atoms with Gasteiger partial charge in [-0.1, -0.05) is 18.2 Å². The van der Waals surface area contributed by atoms with E-state index in [1.54, 1.807) is 12.1 Å². The first-order valence-electron chi connectivity index (χ1n) is 7.46. The molecule has 0 aliphatic rings. The van der Waals surface area contributed by atoms with Gasteiger partial charge in [0.2, 0.25) is 5.95 Å². The third-order valence-corrected chi connectivity index (χ3v) is 3.09. The van der Waals surface area contributed by atoms with Gasteiger partial charge in [-0.3, -0.25) is 0 Å². The standard InChI is InChI=1S/C17H16FN5O/c1-2-24-15-9-4-3-8-14(15)21-17-22-16(11-19-23-17)20-13-7-5-6-12(18)10-13/h3-11H,2H2,1H3,(H2,20,21,22,23). The van der Waals surface area contributed by atoms with Crippen molar-refractivity contribution in [3.63, 3.8) is 0 Å². The maximum Gasteiger partial charge on any atom is 0.249 e. The van der Waals surface area contributed by atoms with Crippen LogP contribution in [0.5, 0.6) is 5.75 Å². The lowest BCUT2D eigenvalue weighted by atomic mass is 10.3. The Hall–Kier alpha value is -3.22. The zero-order valence-electron chi connectivity index (χ0n) is 13.0. The number of hydrogen-bond acceptors (Lipinski definition) is 6. The largest absolute Gasteiger partial charge is 0.492 e. The zero-order chi connectivity index (χ0) is 16.8. The number of anilines is 4. The number of nitrogens with one attached hydrogen (secondary N) is 2. The van der Waals surface area contributed by atoms with Crippen LogP contribution in [0.3, 0.4) is 0 Å². The van der Waals surface area contributed by atoms with Gasteiger partial charge in [-0.25, -0.2) is 4.39 Å². The minimum Gasteiger partial charge on any atom is -0.492 e. The van der Waals surface area contributed by atoms with Crippen molar-refractivity contribution in [2.45, 2.75) is 6.92 Å². The Balaban J connectivity index is 1.78. The molecule has 0 atom stereocenters. The van der Waals surface area contributed by atoms with Gasteiger partial charge in [0.1, 0.15) is 11.6 Å². The molecule has 1 heterocycles. The molecule has 2 N–H and O–H groups in total. The summed E-state index contributed by atoms with van der Waals surface area (Å²) >= 11 is 0. The van der Waals surface area contributed by atoms with Gasteiger partial charge in [-0.15, -0.1) is 5.10 Å². The van der Waals surface area contributed by atoms with Crippen LogP contribution in [-0.2, 0) is 0 Å². The van der Waals surface area contributed by atoms with Gasteiger partial charge in [0.25, 0.3) is 0 Å². The van der Waals surface area contributed by atoms with Crippen LogP contribution in [-0.4, -0.2) is 21.8 Å². The fraction of sp³-hybridized carbons (Fsp3) is 0.118. The molecule has 1 aromatic heterocycles. The summed E-state index contributed by atoms with van der Waals surface area (Å²) in [6.07, 6.45) is 1.46. The van der Waals surface area contributed by atoms with E-state index in [4.69, 9.17) is 4.74 Å². The quantitative estimate of drug-likeness (QED) is 0.716. The van der Waals surface area contributed by atoms with Crippen LogP contribution < -0.4 is 15.4 Å². The number of rotatable bonds is 6. The van der Waals surface area contributed by atoms with Crippen LogP contribution in [0.4, 0.5) is 27.5 Å². The summed E-state index contributed by atoms with van der Waals surface area (Å²) in [5.41, 5.74) is 1.32.